The number of methoxy groups -OCH3 is 1. The van der Waals surface area contributed by atoms with Crippen molar-refractivity contribution in [3.05, 3.63) is 59.7 Å². The molecule has 14 heteroatoms. The highest BCUT2D eigenvalue weighted by atomic mass is 35.5. The fourth-order valence-electron chi connectivity index (χ4n) is 4.10. The van der Waals surface area contributed by atoms with Gasteiger partial charge in [0.2, 0.25) is 0 Å². The van der Waals surface area contributed by atoms with E-state index < -0.39 is 5.97 Å². The van der Waals surface area contributed by atoms with E-state index >= 15 is 0 Å². The number of hydrogen-bond acceptors (Lipinski definition) is 7. The first-order valence-electron chi connectivity index (χ1n) is 13.3. The van der Waals surface area contributed by atoms with Crippen molar-refractivity contribution in [3.63, 3.8) is 0 Å². The molecule has 0 spiro atoms. The maximum Gasteiger partial charge on any atom is 0.337 e. The number of carbonyl (C=O) groups excluding carboxylic acids is 1. The normalized spacial score (nSPS) is 13.9. The predicted octanol–water partition coefficient (Wildman–Crippen LogP) is 2.33. The average Bonchev–Trinajstić information content (AvgIpc) is 3.70. The molecular formula is C27H37B5ClN2O6. The number of likely N-dealkylation sites (tertiary alicyclic amines) is 2. The van der Waals surface area contributed by atoms with E-state index in [0.717, 1.165) is 31.6 Å². The van der Waals surface area contributed by atoms with Gasteiger partial charge >= 0.3 is 11.9 Å². The number of nitrogens with zero attached hydrogens (tertiary/aromatic N) is 2. The molecule has 4 rings (SSSR count). The third-order valence-electron chi connectivity index (χ3n) is 6.13. The van der Waals surface area contributed by atoms with Gasteiger partial charge in [0.05, 0.1) is 18.2 Å². The molecule has 8 nitrogen and oxygen atoms in total. The minimum Gasteiger partial charge on any atom is -0.492 e. The quantitative estimate of drug-likeness (QED) is 0.342. The van der Waals surface area contributed by atoms with Crippen LogP contribution in [0.1, 0.15) is 46.4 Å². The molecule has 2 saturated heterocycles. The first-order valence-corrected chi connectivity index (χ1v) is 13.3. The molecule has 0 unspecified atom stereocenters. The van der Waals surface area contributed by atoms with Gasteiger partial charge in [0.1, 0.15) is 24.7 Å². The number of esters is 1. The number of halogens is 1. The Bertz CT molecular complexity index is 948. The Morgan fingerprint density at radius 1 is 0.756 bits per heavy atom. The summed E-state index contributed by atoms with van der Waals surface area (Å²) in [6.45, 7) is 7.97. The molecule has 0 saturated carbocycles. The number of aromatic carboxylic acids is 1. The molecule has 0 amide bonds. The third-order valence-corrected chi connectivity index (χ3v) is 6.13. The van der Waals surface area contributed by atoms with Gasteiger partial charge in [0.15, 0.2) is 0 Å². The van der Waals surface area contributed by atoms with Gasteiger partial charge in [-0.2, -0.15) is 0 Å². The lowest BCUT2D eigenvalue weighted by Gasteiger charge is -2.14. The highest BCUT2D eigenvalue weighted by Gasteiger charge is 2.12. The van der Waals surface area contributed by atoms with E-state index in [1.54, 1.807) is 48.5 Å². The van der Waals surface area contributed by atoms with Crippen LogP contribution in [0.3, 0.4) is 0 Å². The van der Waals surface area contributed by atoms with Gasteiger partial charge in [-0.25, -0.2) is 9.59 Å². The van der Waals surface area contributed by atoms with Crippen molar-refractivity contribution in [3.8, 4) is 11.5 Å². The molecule has 2 heterocycles. The van der Waals surface area contributed by atoms with Crippen LogP contribution >= 0.6 is 12.4 Å². The second-order valence-electron chi connectivity index (χ2n) is 8.83. The van der Waals surface area contributed by atoms with Gasteiger partial charge < -0.3 is 19.3 Å². The number of carboxylic acids is 1. The number of carboxylic acid groups (broad SMARTS) is 1. The molecule has 0 bridgehead atoms. The molecule has 0 atom stereocenters. The Balaban J connectivity index is 0.000000662. The first-order chi connectivity index (χ1) is 19.5. The van der Waals surface area contributed by atoms with Crippen molar-refractivity contribution < 1.29 is 28.9 Å². The maximum absolute atomic E-state index is 11.2. The van der Waals surface area contributed by atoms with E-state index in [0.29, 0.717) is 18.8 Å². The summed E-state index contributed by atoms with van der Waals surface area (Å²) in [6.07, 6.45) is 5.17. The number of ether oxygens (including phenoxy) is 3. The molecule has 0 aromatic heterocycles. The van der Waals surface area contributed by atoms with Crippen molar-refractivity contribution in [2.45, 2.75) is 25.7 Å². The molecule has 1 N–H and O–H groups in total. The molecular weight excluding hydrogens is 538 g/mol. The van der Waals surface area contributed by atoms with Crippen molar-refractivity contribution in [2.24, 2.45) is 0 Å². The molecule has 2 fully saturated rings. The zero-order valence-electron chi connectivity index (χ0n) is 23.8. The van der Waals surface area contributed by atoms with Crippen LogP contribution in [0, 0.1) is 0 Å². The number of hydrogen-bond donors (Lipinski definition) is 1. The fraction of sp³-hybridized carbons (Fsp3) is 0.481. The Kier molecular flexibility index (Phi) is 22.7. The summed E-state index contributed by atoms with van der Waals surface area (Å²) in [6, 6.07) is 13.6. The molecule has 2 aromatic rings. The Labute approximate surface area is 257 Å². The summed E-state index contributed by atoms with van der Waals surface area (Å²) in [5.41, 5.74) is 0.835. The number of benzene rings is 2. The van der Waals surface area contributed by atoms with E-state index in [4.69, 9.17) is 14.6 Å². The maximum atomic E-state index is 11.2. The predicted molar refractivity (Wildman–Crippen MR) is 170 cm³/mol. The van der Waals surface area contributed by atoms with Crippen LogP contribution in [0.2, 0.25) is 0 Å². The van der Waals surface area contributed by atoms with E-state index in [9.17, 15) is 9.59 Å². The highest BCUT2D eigenvalue weighted by molar-refractivity contribution is 7.17. The van der Waals surface area contributed by atoms with Crippen LogP contribution in [-0.4, -0.2) is 124 Å². The third kappa shape index (κ3) is 16.5. The number of rotatable bonds is 10. The van der Waals surface area contributed by atoms with Gasteiger partial charge in [-0.15, -0.1) is 12.4 Å². The Morgan fingerprint density at radius 2 is 1.10 bits per heavy atom. The molecule has 2 aliphatic rings. The lowest BCUT2D eigenvalue weighted by Crippen LogP contribution is -2.25. The lowest BCUT2D eigenvalue weighted by atomic mass is 9.40. The van der Waals surface area contributed by atoms with Gasteiger partial charge in [-0.3, -0.25) is 9.80 Å². The van der Waals surface area contributed by atoms with Crippen molar-refractivity contribution in [1.29, 1.82) is 0 Å². The van der Waals surface area contributed by atoms with Crippen molar-refractivity contribution in [1.82, 2.24) is 9.80 Å². The van der Waals surface area contributed by atoms with Gasteiger partial charge in [0, 0.05) is 51.1 Å². The highest BCUT2D eigenvalue weighted by Crippen LogP contribution is 2.14. The molecule has 41 heavy (non-hydrogen) atoms. The largest absolute Gasteiger partial charge is 0.492 e. The van der Waals surface area contributed by atoms with E-state index in [1.807, 2.05) is 0 Å². The standard InChI is InChI=1S/C14H19NO3.C13H17NO3.B3.B2.ClH/c1-17-14(16)12-4-6-13(7-5-12)18-11-10-15-8-2-3-9-15;15-13(16)11-3-5-12(6-4-11)17-10-9-14-7-1-2-8-14;1-3-2;1-2;/h4-7H,2-3,8-11H2,1H3;3-6H,1-2,7-10H2,(H,15,16);;;1H. The van der Waals surface area contributed by atoms with Crippen LogP contribution < -0.4 is 9.47 Å². The second kappa shape index (κ2) is 24.1. The fourth-order valence-corrected chi connectivity index (χ4v) is 4.10. The summed E-state index contributed by atoms with van der Waals surface area (Å²) in [4.78, 5) is 26.7. The van der Waals surface area contributed by atoms with Crippen LogP contribution in [0.5, 0.6) is 11.5 Å². The summed E-state index contributed by atoms with van der Waals surface area (Å²) in [5.74, 6) is 0.295. The molecule has 0 aliphatic carbocycles. The summed E-state index contributed by atoms with van der Waals surface area (Å²) in [7, 11) is 19.4. The molecule has 9 radical (unpaired) electrons. The zero-order chi connectivity index (χ0) is 29.6. The minimum absolute atomic E-state index is 0. The molecule has 2 aliphatic heterocycles. The lowest BCUT2D eigenvalue weighted by molar-refractivity contribution is 0.0599. The summed E-state index contributed by atoms with van der Waals surface area (Å²) < 4.78 is 15.8. The second-order valence-corrected chi connectivity index (χ2v) is 8.83. The molecule has 213 valence electrons. The van der Waals surface area contributed by atoms with Crippen LogP contribution in [0.15, 0.2) is 48.5 Å². The smallest absolute Gasteiger partial charge is 0.337 e. The van der Waals surface area contributed by atoms with Gasteiger partial charge in [-0.05, 0) is 100 Å². The summed E-state index contributed by atoms with van der Waals surface area (Å²) >= 11 is 0. The van der Waals surface area contributed by atoms with Crippen molar-refractivity contribution >= 4 is 62.4 Å². The Hall–Kier alpha value is -2.49. The van der Waals surface area contributed by atoms with E-state index in [1.165, 1.54) is 59.0 Å². The van der Waals surface area contributed by atoms with E-state index in [-0.39, 0.29) is 23.9 Å². The Morgan fingerprint density at radius 3 is 1.41 bits per heavy atom. The average molecular weight is 575 g/mol. The van der Waals surface area contributed by atoms with Crippen LogP contribution in [0.25, 0.3) is 0 Å². The summed E-state index contributed by atoms with van der Waals surface area (Å²) in [5, 5.41) is 8.75. The monoisotopic (exact) mass is 575 g/mol. The molecule has 2 aromatic carbocycles. The van der Waals surface area contributed by atoms with Gasteiger partial charge in [-0.1, -0.05) is 0 Å². The SMILES string of the molecule is COC(=O)c1ccc(OCCN2CCCC2)cc1.Cl.O=C(O)c1ccc(OCCN2CCCC2)cc1.[B][B].[B][B][B]. The van der Waals surface area contributed by atoms with Crippen LogP contribution in [-0.2, 0) is 4.74 Å². The zero-order valence-corrected chi connectivity index (χ0v) is 24.6. The van der Waals surface area contributed by atoms with Crippen molar-refractivity contribution in [2.75, 3.05) is 59.6 Å². The topological polar surface area (TPSA) is 88.5 Å². The minimum atomic E-state index is -0.909. The van der Waals surface area contributed by atoms with E-state index in [2.05, 4.69) is 45.5 Å². The number of carbonyl (C=O) groups is 2. The van der Waals surface area contributed by atoms with Gasteiger partial charge in [0.25, 0.3) is 0 Å². The first kappa shape index (κ1) is 38.5. The van der Waals surface area contributed by atoms with Crippen LogP contribution in [0.4, 0.5) is 0 Å².